The summed E-state index contributed by atoms with van der Waals surface area (Å²) in [6, 6.07) is 9.52. The summed E-state index contributed by atoms with van der Waals surface area (Å²) >= 11 is 0. The van der Waals surface area contributed by atoms with Crippen LogP contribution >= 0.6 is 0 Å². The van der Waals surface area contributed by atoms with E-state index in [1.165, 1.54) is 0 Å². The van der Waals surface area contributed by atoms with Crippen molar-refractivity contribution in [1.29, 1.82) is 0 Å². The molecule has 1 N–H and O–H groups in total. The lowest BCUT2D eigenvalue weighted by Crippen LogP contribution is -2.48. The predicted octanol–water partition coefficient (Wildman–Crippen LogP) is 2.67. The SMILES string of the molecule is COc1ccc(Cn2ccc(NC(=O)N3C4CCC3CC(=O)C4)n2)cc1. The lowest BCUT2D eigenvalue weighted by Gasteiger charge is -2.33. The molecule has 0 saturated carbocycles. The summed E-state index contributed by atoms with van der Waals surface area (Å²) in [7, 11) is 1.64. The Kier molecular flexibility index (Phi) is 4.36. The molecular formula is C19H22N4O3. The molecule has 1 aromatic heterocycles. The smallest absolute Gasteiger partial charge is 0.323 e. The number of anilines is 1. The van der Waals surface area contributed by atoms with Gasteiger partial charge in [-0.1, -0.05) is 12.1 Å². The van der Waals surface area contributed by atoms with Gasteiger partial charge < -0.3 is 9.64 Å². The van der Waals surface area contributed by atoms with Crippen LogP contribution in [0.3, 0.4) is 0 Å². The Morgan fingerprint density at radius 3 is 2.54 bits per heavy atom. The second-order valence-electron chi connectivity index (χ2n) is 6.92. The number of carbonyl (C=O) groups is 2. The second-order valence-corrected chi connectivity index (χ2v) is 6.92. The first-order valence-electron chi connectivity index (χ1n) is 8.90. The molecule has 2 fully saturated rings. The van der Waals surface area contributed by atoms with Crippen LogP contribution < -0.4 is 10.1 Å². The van der Waals surface area contributed by atoms with Crippen LogP contribution in [0, 0.1) is 0 Å². The Morgan fingerprint density at radius 2 is 1.88 bits per heavy atom. The van der Waals surface area contributed by atoms with Crippen molar-refractivity contribution in [3.05, 3.63) is 42.1 Å². The van der Waals surface area contributed by atoms with Crippen LogP contribution in [-0.2, 0) is 11.3 Å². The molecule has 26 heavy (non-hydrogen) atoms. The zero-order valence-electron chi connectivity index (χ0n) is 14.7. The van der Waals surface area contributed by atoms with Crippen LogP contribution in [0.2, 0.25) is 0 Å². The monoisotopic (exact) mass is 354 g/mol. The van der Waals surface area contributed by atoms with Gasteiger partial charge in [-0.05, 0) is 30.5 Å². The molecule has 0 aliphatic carbocycles. The number of rotatable bonds is 4. The van der Waals surface area contributed by atoms with Gasteiger partial charge in [0.15, 0.2) is 5.82 Å². The van der Waals surface area contributed by atoms with E-state index in [-0.39, 0.29) is 23.9 Å². The van der Waals surface area contributed by atoms with Gasteiger partial charge in [-0.2, -0.15) is 5.10 Å². The Balaban J connectivity index is 1.39. The number of piperidine rings is 1. The summed E-state index contributed by atoms with van der Waals surface area (Å²) in [4.78, 5) is 26.1. The molecule has 2 saturated heterocycles. The Labute approximate surface area is 151 Å². The zero-order valence-corrected chi connectivity index (χ0v) is 14.7. The van der Waals surface area contributed by atoms with Gasteiger partial charge in [-0.25, -0.2) is 4.79 Å². The number of ketones is 1. The first-order chi connectivity index (χ1) is 12.6. The molecule has 2 aliphatic rings. The molecule has 1 aromatic carbocycles. The summed E-state index contributed by atoms with van der Waals surface area (Å²) in [6.45, 7) is 0.614. The van der Waals surface area contributed by atoms with Gasteiger partial charge in [0.05, 0.1) is 13.7 Å². The van der Waals surface area contributed by atoms with Crippen LogP contribution in [0.25, 0.3) is 0 Å². The average Bonchev–Trinajstić information content (AvgIpc) is 3.17. The number of fused-ring (bicyclic) bond motifs is 2. The quantitative estimate of drug-likeness (QED) is 0.916. The molecule has 136 valence electrons. The topological polar surface area (TPSA) is 76.5 Å². The first kappa shape index (κ1) is 16.6. The summed E-state index contributed by atoms with van der Waals surface area (Å²) in [5, 5.41) is 7.30. The predicted molar refractivity (Wildman–Crippen MR) is 96.2 cm³/mol. The van der Waals surface area contributed by atoms with Crippen LogP contribution in [0.15, 0.2) is 36.5 Å². The third-order valence-corrected chi connectivity index (χ3v) is 5.16. The molecule has 2 unspecified atom stereocenters. The number of nitrogens with zero attached hydrogens (tertiary/aromatic N) is 3. The van der Waals surface area contributed by atoms with E-state index >= 15 is 0 Å². The maximum Gasteiger partial charge on any atom is 0.323 e. The first-order valence-corrected chi connectivity index (χ1v) is 8.90. The van der Waals surface area contributed by atoms with E-state index in [4.69, 9.17) is 4.74 Å². The number of aromatic nitrogens is 2. The number of methoxy groups -OCH3 is 1. The van der Waals surface area contributed by atoms with E-state index in [0.717, 1.165) is 24.2 Å². The van der Waals surface area contributed by atoms with E-state index < -0.39 is 0 Å². The van der Waals surface area contributed by atoms with E-state index in [0.29, 0.717) is 25.2 Å². The van der Waals surface area contributed by atoms with Crippen molar-refractivity contribution in [1.82, 2.24) is 14.7 Å². The standard InChI is InChI=1S/C19H22N4O3/c1-26-17-6-2-13(3-7-17)12-22-9-8-18(21-22)20-19(25)23-14-4-5-15(23)11-16(24)10-14/h2-3,6-9,14-15H,4-5,10-12H2,1H3,(H,20,21,25). The van der Waals surface area contributed by atoms with Gasteiger partial charge in [0.25, 0.3) is 0 Å². The highest BCUT2D eigenvalue weighted by Crippen LogP contribution is 2.34. The minimum absolute atomic E-state index is 0.0441. The number of Topliss-reactive ketones (excluding diaryl/α,β-unsaturated/α-hetero) is 1. The molecule has 7 heteroatoms. The maximum absolute atomic E-state index is 12.6. The van der Waals surface area contributed by atoms with E-state index in [2.05, 4.69) is 10.4 Å². The fraction of sp³-hybridized carbons (Fsp3) is 0.421. The van der Waals surface area contributed by atoms with Crippen molar-refractivity contribution in [3.63, 3.8) is 0 Å². The number of hydrogen-bond acceptors (Lipinski definition) is 4. The molecule has 2 aromatic rings. The summed E-state index contributed by atoms with van der Waals surface area (Å²) in [6.07, 6.45) is 4.63. The van der Waals surface area contributed by atoms with Crippen molar-refractivity contribution in [2.45, 2.75) is 44.3 Å². The number of benzene rings is 1. The van der Waals surface area contributed by atoms with E-state index in [1.807, 2.05) is 35.4 Å². The molecule has 0 radical (unpaired) electrons. The highest BCUT2D eigenvalue weighted by Gasteiger charge is 2.42. The molecule has 2 bridgehead atoms. The fourth-order valence-electron chi connectivity index (χ4n) is 3.91. The number of carbonyl (C=O) groups excluding carboxylic acids is 2. The molecule has 0 spiro atoms. The number of amides is 2. The number of nitrogens with one attached hydrogen (secondary N) is 1. The van der Waals surface area contributed by atoms with Crippen LogP contribution in [-0.4, -0.2) is 45.7 Å². The lowest BCUT2D eigenvalue weighted by atomic mass is 10.0. The normalized spacial score (nSPS) is 21.7. The van der Waals surface area contributed by atoms with Crippen LogP contribution in [0.5, 0.6) is 5.75 Å². The minimum Gasteiger partial charge on any atom is -0.497 e. The molecule has 2 aliphatic heterocycles. The lowest BCUT2D eigenvalue weighted by molar-refractivity contribution is -0.122. The van der Waals surface area contributed by atoms with Gasteiger partial charge >= 0.3 is 6.03 Å². The zero-order chi connectivity index (χ0) is 18.1. The van der Waals surface area contributed by atoms with E-state index in [1.54, 1.807) is 17.9 Å². The van der Waals surface area contributed by atoms with Gasteiger partial charge in [-0.3, -0.25) is 14.8 Å². The summed E-state index contributed by atoms with van der Waals surface area (Å²) < 4.78 is 6.94. The van der Waals surface area contributed by atoms with Crippen molar-refractivity contribution in [3.8, 4) is 5.75 Å². The third kappa shape index (κ3) is 3.29. The molecule has 7 nitrogen and oxygen atoms in total. The highest BCUT2D eigenvalue weighted by atomic mass is 16.5. The molecule has 3 heterocycles. The number of ether oxygens (including phenoxy) is 1. The van der Waals surface area contributed by atoms with Crippen molar-refractivity contribution < 1.29 is 14.3 Å². The molecule has 2 amide bonds. The van der Waals surface area contributed by atoms with Crippen molar-refractivity contribution in [2.75, 3.05) is 12.4 Å². The molecular weight excluding hydrogens is 332 g/mol. The van der Waals surface area contributed by atoms with Gasteiger partial charge in [0.2, 0.25) is 0 Å². The van der Waals surface area contributed by atoms with Gasteiger partial charge in [-0.15, -0.1) is 0 Å². The average molecular weight is 354 g/mol. The Morgan fingerprint density at radius 1 is 1.19 bits per heavy atom. The summed E-state index contributed by atoms with van der Waals surface area (Å²) in [5.41, 5.74) is 1.10. The van der Waals surface area contributed by atoms with Crippen LogP contribution in [0.4, 0.5) is 10.6 Å². The minimum atomic E-state index is -0.153. The second kappa shape index (κ2) is 6.82. The maximum atomic E-state index is 12.6. The summed E-state index contributed by atoms with van der Waals surface area (Å²) in [5.74, 6) is 1.61. The van der Waals surface area contributed by atoms with Gasteiger partial charge in [0.1, 0.15) is 11.5 Å². The van der Waals surface area contributed by atoms with Crippen molar-refractivity contribution >= 4 is 17.6 Å². The Hall–Kier alpha value is -2.83. The molecule has 2 atom stereocenters. The van der Waals surface area contributed by atoms with Crippen LogP contribution in [0.1, 0.15) is 31.2 Å². The third-order valence-electron chi connectivity index (χ3n) is 5.16. The number of hydrogen-bond donors (Lipinski definition) is 1. The number of urea groups is 1. The Bertz CT molecular complexity index is 798. The van der Waals surface area contributed by atoms with Crippen molar-refractivity contribution in [2.24, 2.45) is 0 Å². The van der Waals surface area contributed by atoms with E-state index in [9.17, 15) is 9.59 Å². The fourth-order valence-corrected chi connectivity index (χ4v) is 3.91. The highest BCUT2D eigenvalue weighted by molar-refractivity contribution is 5.91. The molecule has 4 rings (SSSR count). The van der Waals surface area contributed by atoms with Gasteiger partial charge in [0, 0.05) is 37.2 Å². The largest absolute Gasteiger partial charge is 0.497 e.